The quantitative estimate of drug-likeness (QED) is 0.547. The monoisotopic (exact) mass is 485 g/mol. The zero-order chi connectivity index (χ0) is 24.2. The van der Waals surface area contributed by atoms with Crippen LogP contribution in [0, 0.1) is 0 Å². The van der Waals surface area contributed by atoms with Gasteiger partial charge in [-0.1, -0.05) is 36.4 Å². The Morgan fingerprint density at radius 1 is 0.472 bits per heavy atom. The highest BCUT2D eigenvalue weighted by Gasteiger charge is 2.25. The van der Waals surface area contributed by atoms with E-state index in [2.05, 4.69) is 91.2 Å². The number of para-hydroxylation sites is 2. The fraction of sp³-hybridized carbons (Fsp3) is 0.429. The number of hydrogen-bond donors (Lipinski definition) is 0. The molecule has 36 heavy (non-hydrogen) atoms. The van der Waals surface area contributed by atoms with Crippen molar-refractivity contribution in [1.82, 2.24) is 9.97 Å². The number of aromatic nitrogens is 2. The van der Waals surface area contributed by atoms with Gasteiger partial charge in [0.05, 0.1) is 13.2 Å². The average molecular weight is 486 g/mol. The number of benzene rings is 2. The minimum absolute atomic E-state index is 0.750. The van der Waals surface area contributed by atoms with Crippen molar-refractivity contribution in [3.8, 4) is 0 Å². The number of hydrogen-bond acceptors (Lipinski definition) is 8. The van der Waals surface area contributed by atoms with Crippen LogP contribution in [0.4, 0.5) is 29.0 Å². The van der Waals surface area contributed by atoms with E-state index in [0.29, 0.717) is 0 Å². The van der Waals surface area contributed by atoms with Crippen LogP contribution in [0.3, 0.4) is 0 Å². The van der Waals surface area contributed by atoms with Crippen LogP contribution in [0.15, 0.2) is 66.7 Å². The van der Waals surface area contributed by atoms with Crippen molar-refractivity contribution >= 4 is 29.0 Å². The van der Waals surface area contributed by atoms with Crippen LogP contribution in [-0.2, 0) is 4.74 Å². The molecule has 0 radical (unpaired) electrons. The van der Waals surface area contributed by atoms with Crippen LogP contribution >= 0.6 is 0 Å². The number of nitrogens with zero attached hydrogens (tertiary/aromatic N) is 7. The molecule has 0 atom stereocenters. The Morgan fingerprint density at radius 2 is 0.889 bits per heavy atom. The van der Waals surface area contributed by atoms with Gasteiger partial charge in [0.1, 0.15) is 11.6 Å². The van der Waals surface area contributed by atoms with Crippen LogP contribution in [0.1, 0.15) is 0 Å². The van der Waals surface area contributed by atoms with Crippen molar-refractivity contribution in [3.63, 3.8) is 0 Å². The van der Waals surface area contributed by atoms with E-state index in [-0.39, 0.29) is 0 Å². The molecule has 8 heteroatoms. The minimum atomic E-state index is 0.750. The molecule has 188 valence electrons. The first-order chi connectivity index (χ1) is 17.8. The fourth-order valence-electron chi connectivity index (χ4n) is 5.30. The van der Waals surface area contributed by atoms with Gasteiger partial charge in [0, 0.05) is 82.9 Å². The van der Waals surface area contributed by atoms with Crippen LogP contribution < -0.4 is 24.5 Å². The molecule has 3 aliphatic heterocycles. The Hall–Kier alpha value is -3.52. The second-order valence-corrected chi connectivity index (χ2v) is 9.60. The molecule has 3 aromatic rings. The van der Waals surface area contributed by atoms with Crippen molar-refractivity contribution in [1.29, 1.82) is 0 Å². The van der Waals surface area contributed by atoms with E-state index in [1.54, 1.807) is 0 Å². The molecular weight excluding hydrogens is 450 g/mol. The Labute approximate surface area is 213 Å². The summed E-state index contributed by atoms with van der Waals surface area (Å²) in [5.74, 6) is 2.92. The number of anilines is 5. The molecule has 3 saturated heterocycles. The Kier molecular flexibility index (Phi) is 6.76. The second kappa shape index (κ2) is 10.6. The third-order valence-electron chi connectivity index (χ3n) is 7.43. The molecule has 3 fully saturated rings. The summed E-state index contributed by atoms with van der Waals surface area (Å²) < 4.78 is 5.61. The van der Waals surface area contributed by atoms with Gasteiger partial charge in [-0.3, -0.25) is 0 Å². The maximum absolute atomic E-state index is 5.61. The van der Waals surface area contributed by atoms with E-state index in [1.165, 1.54) is 11.4 Å². The molecule has 0 N–H and O–H groups in total. The highest BCUT2D eigenvalue weighted by atomic mass is 16.5. The van der Waals surface area contributed by atoms with Crippen molar-refractivity contribution in [3.05, 3.63) is 66.7 Å². The van der Waals surface area contributed by atoms with Gasteiger partial charge < -0.3 is 29.2 Å². The minimum Gasteiger partial charge on any atom is -0.378 e. The Morgan fingerprint density at radius 3 is 1.39 bits per heavy atom. The largest absolute Gasteiger partial charge is 0.378 e. The molecule has 4 heterocycles. The standard InChI is InChI=1S/C28H35N7O/c1-3-7-24(8-4-1)31-11-15-33(16-12-31)26-23-27(34-19-21-36-22-20-34)30-28(29-26)35-17-13-32(14-18-35)25-9-5-2-6-10-25/h1-10,23H,11-22H2. The number of rotatable bonds is 5. The molecule has 8 nitrogen and oxygen atoms in total. The van der Waals surface area contributed by atoms with E-state index in [0.717, 1.165) is 96.2 Å². The van der Waals surface area contributed by atoms with Crippen LogP contribution in [-0.4, -0.2) is 88.6 Å². The summed E-state index contributed by atoms with van der Waals surface area (Å²) in [4.78, 5) is 22.2. The van der Waals surface area contributed by atoms with Crippen LogP contribution in [0.25, 0.3) is 0 Å². The first-order valence-corrected chi connectivity index (χ1v) is 13.2. The van der Waals surface area contributed by atoms with Crippen molar-refractivity contribution in [2.45, 2.75) is 0 Å². The summed E-state index contributed by atoms with van der Waals surface area (Å²) in [6, 6.07) is 23.6. The van der Waals surface area contributed by atoms with Crippen LogP contribution in [0.5, 0.6) is 0 Å². The molecular formula is C28H35N7O. The SMILES string of the molecule is c1ccc(N2CCN(c3cc(N4CCOCC4)nc(N4CCN(c5ccccc5)CC4)n3)CC2)cc1. The molecule has 0 saturated carbocycles. The number of ether oxygens (including phenoxy) is 1. The smallest absolute Gasteiger partial charge is 0.229 e. The van der Waals surface area contributed by atoms with Gasteiger partial charge in [-0.2, -0.15) is 9.97 Å². The van der Waals surface area contributed by atoms with Gasteiger partial charge in [0.15, 0.2) is 0 Å². The van der Waals surface area contributed by atoms with Gasteiger partial charge >= 0.3 is 0 Å². The van der Waals surface area contributed by atoms with Crippen molar-refractivity contribution < 1.29 is 4.74 Å². The molecule has 0 amide bonds. The van der Waals surface area contributed by atoms with Gasteiger partial charge in [0.25, 0.3) is 0 Å². The van der Waals surface area contributed by atoms with Crippen LogP contribution in [0.2, 0.25) is 0 Å². The normalized spacial score (nSPS) is 19.1. The third-order valence-corrected chi connectivity index (χ3v) is 7.43. The van der Waals surface area contributed by atoms with Gasteiger partial charge in [0.2, 0.25) is 5.95 Å². The lowest BCUT2D eigenvalue weighted by atomic mass is 10.2. The molecule has 6 rings (SSSR count). The second-order valence-electron chi connectivity index (χ2n) is 9.60. The first kappa shape index (κ1) is 22.9. The predicted molar refractivity (Wildman–Crippen MR) is 147 cm³/mol. The summed E-state index contributed by atoms with van der Waals surface area (Å²) in [5, 5.41) is 0. The molecule has 1 aromatic heterocycles. The molecule has 0 spiro atoms. The fourth-order valence-corrected chi connectivity index (χ4v) is 5.30. The molecule has 2 aromatic carbocycles. The van der Waals surface area contributed by atoms with E-state index in [1.807, 2.05) is 0 Å². The van der Waals surface area contributed by atoms with Crippen molar-refractivity contribution in [2.24, 2.45) is 0 Å². The maximum atomic E-state index is 5.61. The Balaban J connectivity index is 1.20. The average Bonchev–Trinajstić information content (AvgIpc) is 2.98. The molecule has 3 aliphatic rings. The topological polar surface area (TPSA) is 51.2 Å². The van der Waals surface area contributed by atoms with E-state index < -0.39 is 0 Å². The zero-order valence-corrected chi connectivity index (χ0v) is 20.9. The van der Waals surface area contributed by atoms with Gasteiger partial charge in [-0.25, -0.2) is 0 Å². The first-order valence-electron chi connectivity index (χ1n) is 13.2. The van der Waals surface area contributed by atoms with E-state index >= 15 is 0 Å². The summed E-state index contributed by atoms with van der Waals surface area (Å²) >= 11 is 0. The highest BCUT2D eigenvalue weighted by Crippen LogP contribution is 2.27. The lowest BCUT2D eigenvalue weighted by Crippen LogP contribution is -2.48. The lowest BCUT2D eigenvalue weighted by Gasteiger charge is -2.39. The summed E-state index contributed by atoms with van der Waals surface area (Å²) in [6.45, 7) is 10.9. The summed E-state index contributed by atoms with van der Waals surface area (Å²) in [7, 11) is 0. The maximum Gasteiger partial charge on any atom is 0.229 e. The summed E-state index contributed by atoms with van der Waals surface area (Å²) in [6.07, 6.45) is 0. The predicted octanol–water partition coefficient (Wildman–Crippen LogP) is 2.97. The van der Waals surface area contributed by atoms with E-state index in [9.17, 15) is 0 Å². The molecule has 0 bridgehead atoms. The van der Waals surface area contributed by atoms with Crippen molar-refractivity contribution in [2.75, 3.05) is 103 Å². The highest BCUT2D eigenvalue weighted by molar-refractivity contribution is 5.58. The molecule has 0 aliphatic carbocycles. The zero-order valence-electron chi connectivity index (χ0n) is 20.9. The summed E-state index contributed by atoms with van der Waals surface area (Å²) in [5.41, 5.74) is 2.59. The lowest BCUT2D eigenvalue weighted by molar-refractivity contribution is 0.122. The van der Waals surface area contributed by atoms with Gasteiger partial charge in [-0.15, -0.1) is 0 Å². The third kappa shape index (κ3) is 5.04. The number of piperazine rings is 2. The Bertz CT molecular complexity index is 1030. The van der Waals surface area contributed by atoms with E-state index in [4.69, 9.17) is 14.7 Å². The number of morpholine rings is 1. The van der Waals surface area contributed by atoms with Gasteiger partial charge in [-0.05, 0) is 24.3 Å². The molecule has 0 unspecified atom stereocenters.